The van der Waals surface area contributed by atoms with Crippen LogP contribution in [0.3, 0.4) is 0 Å². The van der Waals surface area contributed by atoms with Gasteiger partial charge in [-0.15, -0.1) is 0 Å². The van der Waals surface area contributed by atoms with Gasteiger partial charge in [0.05, 0.1) is 17.1 Å². The topological polar surface area (TPSA) is 6.48 Å². The third-order valence-electron chi connectivity index (χ3n) is 16.5. The molecule has 5 aliphatic heterocycles. The van der Waals surface area contributed by atoms with E-state index in [1.54, 1.807) is 16.4 Å². The fraction of sp³-hybridized carbons (Fsp3) is 0.298. The molecule has 0 amide bonds. The zero-order valence-corrected chi connectivity index (χ0v) is 37.0. The summed E-state index contributed by atoms with van der Waals surface area (Å²) in [5.74, 6) is 0. The smallest absolute Gasteiger partial charge is 0.243 e. The number of fused-ring (bicyclic) bond motifs is 3. The van der Waals surface area contributed by atoms with Crippen molar-refractivity contribution in [2.45, 2.75) is 109 Å². The van der Waals surface area contributed by atoms with Crippen molar-refractivity contribution in [3.8, 4) is 0 Å². The Labute approximate surface area is 357 Å². The van der Waals surface area contributed by atoms with E-state index >= 15 is 0 Å². The van der Waals surface area contributed by atoms with Crippen LogP contribution in [0, 0.1) is 0 Å². The van der Waals surface area contributed by atoms with Crippen molar-refractivity contribution < 1.29 is 0 Å². The first kappa shape index (κ1) is 36.3. The molecule has 0 saturated carbocycles. The van der Waals surface area contributed by atoms with Crippen LogP contribution < -0.4 is 26.2 Å². The van der Waals surface area contributed by atoms with Crippen molar-refractivity contribution in [3.05, 3.63) is 189 Å². The Balaban J connectivity index is 1.16. The third kappa shape index (κ3) is 4.27. The van der Waals surface area contributed by atoms with Crippen LogP contribution in [0.5, 0.6) is 0 Å². The minimum Gasteiger partial charge on any atom is -0.310 e. The average molecular weight is 779 g/mol. The molecule has 0 spiro atoms. The summed E-state index contributed by atoms with van der Waals surface area (Å²) in [5.41, 5.74) is 26.1. The lowest BCUT2D eigenvalue weighted by atomic mass is 9.23. The van der Waals surface area contributed by atoms with Gasteiger partial charge in [-0.05, 0) is 117 Å². The van der Waals surface area contributed by atoms with Gasteiger partial charge in [0.1, 0.15) is 0 Å². The van der Waals surface area contributed by atoms with Gasteiger partial charge in [-0.2, -0.15) is 0 Å². The fourth-order valence-corrected chi connectivity index (χ4v) is 13.3. The Bertz CT molecular complexity index is 2880. The molecular weight excluding hydrogens is 723 g/mol. The summed E-state index contributed by atoms with van der Waals surface area (Å²) in [6.45, 7) is 25.0. The minimum absolute atomic E-state index is 0.0734. The summed E-state index contributed by atoms with van der Waals surface area (Å²) < 4.78 is 0. The number of allylic oxidation sites excluding steroid dienone is 3. The molecule has 0 atom stereocenters. The lowest BCUT2D eigenvalue weighted by Crippen LogP contribution is -2.71. The van der Waals surface area contributed by atoms with Gasteiger partial charge in [0.15, 0.2) is 0 Å². The predicted molar refractivity (Wildman–Crippen MR) is 254 cm³/mol. The van der Waals surface area contributed by atoms with Gasteiger partial charge in [0, 0.05) is 44.1 Å². The molecule has 0 aromatic heterocycles. The van der Waals surface area contributed by atoms with Crippen LogP contribution in [0.1, 0.15) is 132 Å². The van der Waals surface area contributed by atoms with Gasteiger partial charge < -0.3 is 9.80 Å². The number of hydrogen-bond donors (Lipinski definition) is 0. The van der Waals surface area contributed by atoms with E-state index in [2.05, 4.69) is 206 Å². The van der Waals surface area contributed by atoms with E-state index in [1.165, 1.54) is 89.8 Å². The van der Waals surface area contributed by atoms with E-state index < -0.39 is 0 Å². The van der Waals surface area contributed by atoms with Crippen LogP contribution >= 0.6 is 0 Å². The molecule has 60 heavy (non-hydrogen) atoms. The minimum atomic E-state index is -0.235. The van der Waals surface area contributed by atoms with Crippen molar-refractivity contribution in [1.82, 2.24) is 0 Å². The molecule has 5 heterocycles. The highest BCUT2D eigenvalue weighted by atomic mass is 15.2. The Kier molecular flexibility index (Phi) is 6.92. The highest BCUT2D eigenvalue weighted by molar-refractivity contribution is 6.98. The second-order valence-electron chi connectivity index (χ2n) is 21.3. The summed E-state index contributed by atoms with van der Waals surface area (Å²) >= 11 is 0. The Morgan fingerprint density at radius 3 is 1.47 bits per heavy atom. The van der Waals surface area contributed by atoms with E-state index in [9.17, 15) is 0 Å². The second-order valence-corrected chi connectivity index (χ2v) is 21.3. The molecular formula is C57H55BN2. The van der Waals surface area contributed by atoms with Gasteiger partial charge in [0.25, 0.3) is 0 Å². The van der Waals surface area contributed by atoms with Gasteiger partial charge in [-0.25, -0.2) is 0 Å². The second kappa shape index (κ2) is 11.4. The summed E-state index contributed by atoms with van der Waals surface area (Å²) in [7, 11) is 0. The highest BCUT2D eigenvalue weighted by Crippen LogP contribution is 2.59. The molecule has 6 aromatic carbocycles. The summed E-state index contributed by atoms with van der Waals surface area (Å²) in [6, 6.07) is 45.1. The molecule has 6 aromatic rings. The van der Waals surface area contributed by atoms with E-state index in [-0.39, 0.29) is 33.8 Å². The van der Waals surface area contributed by atoms with Crippen LogP contribution in [-0.2, 0) is 27.1 Å². The zero-order chi connectivity index (χ0) is 41.5. The Morgan fingerprint density at radius 1 is 0.400 bits per heavy atom. The monoisotopic (exact) mass is 778 g/mol. The summed E-state index contributed by atoms with van der Waals surface area (Å²) in [6.07, 6.45) is 6.91. The maximum absolute atomic E-state index is 2.66. The summed E-state index contributed by atoms with van der Waals surface area (Å²) in [4.78, 5) is 5.22. The SMILES string of the molecule is CC1(C)C2=C(C=CCC2)N(c2ccccc2)c2cc3c(cc21)N(c1cc2c4c(c1)C(C)(C)c1cccc5c1B4c1c(cccc1C2(C)C)C5(C)C)c1ccccc1C3(C)C. The molecule has 2 nitrogen and oxygen atoms in total. The van der Waals surface area contributed by atoms with Crippen molar-refractivity contribution in [2.24, 2.45) is 0 Å². The predicted octanol–water partition coefficient (Wildman–Crippen LogP) is 12.3. The maximum atomic E-state index is 2.66. The first-order valence-corrected chi connectivity index (χ1v) is 22.4. The van der Waals surface area contributed by atoms with Gasteiger partial charge >= 0.3 is 0 Å². The molecule has 6 aliphatic rings. The molecule has 3 heteroatoms. The molecule has 0 saturated heterocycles. The fourth-order valence-electron chi connectivity index (χ4n) is 13.3. The number of anilines is 5. The maximum Gasteiger partial charge on any atom is 0.243 e. The van der Waals surface area contributed by atoms with Crippen molar-refractivity contribution >= 4 is 51.5 Å². The van der Waals surface area contributed by atoms with Crippen molar-refractivity contribution in [2.75, 3.05) is 9.80 Å². The summed E-state index contributed by atoms with van der Waals surface area (Å²) in [5, 5.41) is 0. The van der Waals surface area contributed by atoms with Crippen molar-refractivity contribution in [1.29, 1.82) is 0 Å². The number of benzene rings is 6. The molecule has 296 valence electrons. The number of hydrogen-bond acceptors (Lipinski definition) is 2. The van der Waals surface area contributed by atoms with Gasteiger partial charge in [-0.1, -0.05) is 164 Å². The Hall–Kier alpha value is -5.54. The van der Waals surface area contributed by atoms with E-state index in [4.69, 9.17) is 0 Å². The lowest BCUT2D eigenvalue weighted by molar-refractivity contribution is 0.567. The quantitative estimate of drug-likeness (QED) is 0.162. The normalized spacial score (nSPS) is 20.5. The van der Waals surface area contributed by atoms with Crippen LogP contribution in [-0.4, -0.2) is 6.71 Å². The molecule has 0 N–H and O–H groups in total. The first-order valence-electron chi connectivity index (χ1n) is 22.4. The van der Waals surface area contributed by atoms with Crippen molar-refractivity contribution in [3.63, 3.8) is 0 Å². The van der Waals surface area contributed by atoms with Crippen LogP contribution in [0.4, 0.5) is 28.4 Å². The van der Waals surface area contributed by atoms with Crippen LogP contribution in [0.2, 0.25) is 0 Å². The van der Waals surface area contributed by atoms with Crippen LogP contribution in [0.25, 0.3) is 0 Å². The van der Waals surface area contributed by atoms with E-state index in [1.807, 2.05) is 0 Å². The van der Waals surface area contributed by atoms with Gasteiger partial charge in [-0.3, -0.25) is 0 Å². The molecule has 12 rings (SSSR count). The Morgan fingerprint density at radius 2 is 0.867 bits per heavy atom. The molecule has 0 unspecified atom stereocenters. The zero-order valence-electron chi connectivity index (χ0n) is 37.0. The molecule has 0 radical (unpaired) electrons. The molecule has 0 bridgehead atoms. The van der Waals surface area contributed by atoms with E-state index in [0.29, 0.717) is 0 Å². The lowest BCUT2D eigenvalue weighted by Gasteiger charge is -2.53. The molecule has 1 aliphatic carbocycles. The van der Waals surface area contributed by atoms with Gasteiger partial charge in [0.2, 0.25) is 6.71 Å². The highest BCUT2D eigenvalue weighted by Gasteiger charge is 2.54. The number of para-hydroxylation sites is 2. The van der Waals surface area contributed by atoms with E-state index in [0.717, 1.165) is 12.8 Å². The number of nitrogens with zero attached hydrogens (tertiary/aromatic N) is 2. The third-order valence-corrected chi connectivity index (χ3v) is 16.5. The van der Waals surface area contributed by atoms with Crippen LogP contribution in [0.15, 0.2) is 139 Å². The number of rotatable bonds is 2. The standard InChI is InChI=1S/C57H55BN2/c1-53(2)36-22-14-16-28-46(36)59(34-20-12-11-13-21-34)48-32-43-49(33-42(48)53)60(47-29-17-15-23-37(47)54(43,3)4)35-30-44-52-45(31-35)57(9,10)41-27-19-25-39-51(41)58(52)50-38(55(39,5)6)24-18-26-40(50)56(44,7)8/h11-13,15-21,23-33H,14,22H2,1-10H3. The first-order chi connectivity index (χ1) is 28.6. The average Bonchev–Trinajstić information content (AvgIpc) is 3.23. The largest absolute Gasteiger partial charge is 0.310 e. The molecule has 0 fully saturated rings.